The highest BCUT2D eigenvalue weighted by atomic mass is 16.6. The Morgan fingerprint density at radius 2 is 2.07 bits per heavy atom. The van der Waals surface area contributed by atoms with Crippen molar-refractivity contribution in [3.63, 3.8) is 0 Å². The van der Waals surface area contributed by atoms with Crippen LogP contribution in [0.4, 0.5) is 0 Å². The number of hydrogen-bond donors (Lipinski definition) is 1. The zero-order chi connectivity index (χ0) is 10.5. The smallest absolute Gasteiger partial charge is 0.154 e. The van der Waals surface area contributed by atoms with Gasteiger partial charge in [0.05, 0.1) is 19.3 Å². The van der Waals surface area contributed by atoms with Crippen molar-refractivity contribution in [2.75, 3.05) is 6.61 Å². The van der Waals surface area contributed by atoms with Crippen molar-refractivity contribution >= 4 is 0 Å². The van der Waals surface area contributed by atoms with Crippen LogP contribution in [0.25, 0.3) is 0 Å². The second-order valence-electron chi connectivity index (χ2n) is 3.78. The van der Waals surface area contributed by atoms with Crippen LogP contribution in [0.2, 0.25) is 0 Å². The number of hydrogen-bond acceptors (Lipinski definition) is 3. The SMILES string of the molecule is O[C@H]1CC[C@@H](OCc2ccccc2)CO1. The first kappa shape index (κ1) is 10.6. The minimum Gasteiger partial charge on any atom is -0.371 e. The molecular formula is C12H16O3. The molecule has 0 saturated carbocycles. The van der Waals surface area contributed by atoms with E-state index in [1.165, 1.54) is 5.56 Å². The molecule has 3 heteroatoms. The van der Waals surface area contributed by atoms with Crippen LogP contribution in [0.3, 0.4) is 0 Å². The monoisotopic (exact) mass is 208 g/mol. The standard InChI is InChI=1S/C12H16O3/c13-12-7-6-11(9-15-12)14-8-10-4-2-1-3-5-10/h1-5,11-13H,6-9H2/t11-,12-/m1/s1. The first-order chi connectivity index (χ1) is 7.34. The fourth-order valence-corrected chi connectivity index (χ4v) is 1.63. The van der Waals surface area contributed by atoms with Crippen molar-refractivity contribution in [2.24, 2.45) is 0 Å². The lowest BCUT2D eigenvalue weighted by Gasteiger charge is -2.25. The molecule has 0 aliphatic carbocycles. The van der Waals surface area contributed by atoms with E-state index < -0.39 is 6.29 Å². The molecule has 1 aromatic rings. The molecule has 1 fully saturated rings. The van der Waals surface area contributed by atoms with Crippen LogP contribution < -0.4 is 0 Å². The molecule has 1 aliphatic rings. The Balaban J connectivity index is 1.74. The predicted molar refractivity (Wildman–Crippen MR) is 56.2 cm³/mol. The second-order valence-corrected chi connectivity index (χ2v) is 3.78. The molecule has 1 aromatic carbocycles. The minimum absolute atomic E-state index is 0.119. The number of aliphatic hydroxyl groups is 1. The number of ether oxygens (including phenoxy) is 2. The van der Waals surface area contributed by atoms with Gasteiger partial charge in [0.2, 0.25) is 0 Å². The van der Waals surface area contributed by atoms with Crippen LogP contribution in [0.1, 0.15) is 18.4 Å². The third-order valence-electron chi connectivity index (χ3n) is 2.54. The Bertz CT molecular complexity index is 278. The van der Waals surface area contributed by atoms with Gasteiger partial charge in [0.25, 0.3) is 0 Å². The van der Waals surface area contributed by atoms with Gasteiger partial charge >= 0.3 is 0 Å². The van der Waals surface area contributed by atoms with Gasteiger partial charge in [0, 0.05) is 6.42 Å². The third kappa shape index (κ3) is 3.30. The molecule has 0 spiro atoms. The van der Waals surface area contributed by atoms with E-state index in [0.29, 0.717) is 19.6 Å². The zero-order valence-corrected chi connectivity index (χ0v) is 8.63. The van der Waals surface area contributed by atoms with Crippen molar-refractivity contribution in [2.45, 2.75) is 31.8 Å². The highest BCUT2D eigenvalue weighted by Gasteiger charge is 2.19. The lowest BCUT2D eigenvalue weighted by molar-refractivity contribution is -0.169. The fraction of sp³-hybridized carbons (Fsp3) is 0.500. The zero-order valence-electron chi connectivity index (χ0n) is 8.63. The number of aliphatic hydroxyl groups excluding tert-OH is 1. The normalized spacial score (nSPS) is 26.5. The Kier molecular flexibility index (Phi) is 3.72. The maximum absolute atomic E-state index is 9.13. The summed E-state index contributed by atoms with van der Waals surface area (Å²) in [6.07, 6.45) is 1.06. The van der Waals surface area contributed by atoms with Gasteiger partial charge < -0.3 is 14.6 Å². The number of rotatable bonds is 3. The summed E-state index contributed by atoms with van der Waals surface area (Å²) in [4.78, 5) is 0. The Morgan fingerprint density at radius 1 is 1.27 bits per heavy atom. The molecule has 15 heavy (non-hydrogen) atoms. The summed E-state index contributed by atoms with van der Waals surface area (Å²) in [5.41, 5.74) is 1.17. The molecule has 0 bridgehead atoms. The third-order valence-corrected chi connectivity index (χ3v) is 2.54. The van der Waals surface area contributed by atoms with E-state index in [0.717, 1.165) is 6.42 Å². The molecule has 0 amide bonds. The lowest BCUT2D eigenvalue weighted by Crippen LogP contribution is -2.31. The molecule has 2 atom stereocenters. The van der Waals surface area contributed by atoms with E-state index in [2.05, 4.69) is 0 Å². The van der Waals surface area contributed by atoms with Gasteiger partial charge in [-0.3, -0.25) is 0 Å². The van der Waals surface area contributed by atoms with Gasteiger partial charge in [-0.1, -0.05) is 30.3 Å². The Labute approximate surface area is 89.6 Å². The maximum atomic E-state index is 9.13. The summed E-state index contributed by atoms with van der Waals surface area (Å²) in [5.74, 6) is 0. The van der Waals surface area contributed by atoms with Crippen LogP contribution in [0.5, 0.6) is 0 Å². The predicted octanol–water partition coefficient (Wildman–Crippen LogP) is 1.70. The molecule has 2 rings (SSSR count). The molecule has 0 radical (unpaired) electrons. The summed E-state index contributed by atoms with van der Waals surface area (Å²) in [7, 11) is 0. The molecule has 3 nitrogen and oxygen atoms in total. The van der Waals surface area contributed by atoms with Gasteiger partial charge in [0.15, 0.2) is 6.29 Å². The number of benzene rings is 1. The fourth-order valence-electron chi connectivity index (χ4n) is 1.63. The van der Waals surface area contributed by atoms with Gasteiger partial charge in [-0.05, 0) is 12.0 Å². The Morgan fingerprint density at radius 3 is 2.73 bits per heavy atom. The minimum atomic E-state index is -0.596. The molecule has 0 unspecified atom stereocenters. The quantitative estimate of drug-likeness (QED) is 0.821. The van der Waals surface area contributed by atoms with Crippen LogP contribution in [0, 0.1) is 0 Å². The molecular weight excluding hydrogens is 192 g/mol. The highest BCUT2D eigenvalue weighted by molar-refractivity contribution is 5.13. The highest BCUT2D eigenvalue weighted by Crippen LogP contribution is 2.15. The Hall–Kier alpha value is -0.900. The van der Waals surface area contributed by atoms with E-state index in [4.69, 9.17) is 14.6 Å². The van der Waals surface area contributed by atoms with Gasteiger partial charge in [-0.2, -0.15) is 0 Å². The maximum Gasteiger partial charge on any atom is 0.154 e. The van der Waals surface area contributed by atoms with Crippen LogP contribution in [0.15, 0.2) is 30.3 Å². The van der Waals surface area contributed by atoms with Gasteiger partial charge in [0.1, 0.15) is 0 Å². The van der Waals surface area contributed by atoms with Crippen molar-refractivity contribution < 1.29 is 14.6 Å². The largest absolute Gasteiger partial charge is 0.371 e. The van der Waals surface area contributed by atoms with Crippen LogP contribution >= 0.6 is 0 Å². The van der Waals surface area contributed by atoms with E-state index in [-0.39, 0.29) is 6.10 Å². The van der Waals surface area contributed by atoms with Crippen molar-refractivity contribution in [3.05, 3.63) is 35.9 Å². The summed E-state index contributed by atoms with van der Waals surface area (Å²) in [5, 5.41) is 9.13. The van der Waals surface area contributed by atoms with E-state index in [1.54, 1.807) is 0 Å². The topological polar surface area (TPSA) is 38.7 Å². The van der Waals surface area contributed by atoms with Gasteiger partial charge in [-0.25, -0.2) is 0 Å². The molecule has 1 heterocycles. The van der Waals surface area contributed by atoms with E-state index >= 15 is 0 Å². The molecule has 82 valence electrons. The van der Waals surface area contributed by atoms with E-state index in [9.17, 15) is 0 Å². The summed E-state index contributed by atoms with van der Waals surface area (Å²) < 4.78 is 10.8. The second kappa shape index (κ2) is 5.26. The first-order valence-corrected chi connectivity index (χ1v) is 5.30. The summed E-state index contributed by atoms with van der Waals surface area (Å²) >= 11 is 0. The van der Waals surface area contributed by atoms with Crippen molar-refractivity contribution in [3.8, 4) is 0 Å². The summed E-state index contributed by atoms with van der Waals surface area (Å²) in [6, 6.07) is 10.1. The average Bonchev–Trinajstić information content (AvgIpc) is 2.30. The molecule has 1 aliphatic heterocycles. The van der Waals surface area contributed by atoms with Crippen molar-refractivity contribution in [1.82, 2.24) is 0 Å². The van der Waals surface area contributed by atoms with Crippen molar-refractivity contribution in [1.29, 1.82) is 0 Å². The summed E-state index contributed by atoms with van der Waals surface area (Å²) in [6.45, 7) is 1.11. The molecule has 0 aromatic heterocycles. The van der Waals surface area contributed by atoms with E-state index in [1.807, 2.05) is 30.3 Å². The first-order valence-electron chi connectivity index (χ1n) is 5.30. The van der Waals surface area contributed by atoms with Gasteiger partial charge in [-0.15, -0.1) is 0 Å². The van der Waals surface area contributed by atoms with Crippen LogP contribution in [-0.4, -0.2) is 24.1 Å². The van der Waals surface area contributed by atoms with Crippen LogP contribution in [-0.2, 0) is 16.1 Å². The lowest BCUT2D eigenvalue weighted by atomic mass is 10.1. The molecule has 1 saturated heterocycles. The molecule has 1 N–H and O–H groups in total. The average molecular weight is 208 g/mol.